The molecule has 2 bridgehead atoms. The van der Waals surface area contributed by atoms with Crippen molar-refractivity contribution in [2.75, 3.05) is 0 Å². The van der Waals surface area contributed by atoms with Gasteiger partial charge in [0.1, 0.15) is 0 Å². The summed E-state index contributed by atoms with van der Waals surface area (Å²) in [5, 5.41) is 2.76. The van der Waals surface area contributed by atoms with Crippen LogP contribution in [-0.2, 0) is 6.54 Å². The van der Waals surface area contributed by atoms with E-state index in [9.17, 15) is 0 Å². The summed E-state index contributed by atoms with van der Waals surface area (Å²) in [7, 11) is 0. The third-order valence-corrected chi connectivity index (χ3v) is 5.15. The molecule has 2 nitrogen and oxygen atoms in total. The van der Waals surface area contributed by atoms with Crippen molar-refractivity contribution in [2.45, 2.75) is 50.4 Å². The van der Waals surface area contributed by atoms with Gasteiger partial charge in [0.05, 0.1) is 0 Å². The molecule has 2 aliphatic rings. The second-order valence-corrected chi connectivity index (χ2v) is 6.43. The third kappa shape index (κ3) is 2.04. The predicted molar refractivity (Wildman–Crippen MR) is 83.5 cm³/mol. The van der Waals surface area contributed by atoms with Crippen LogP contribution in [0.2, 0.25) is 0 Å². The maximum Gasteiger partial charge on any atom is 0.0245 e. The zero-order chi connectivity index (χ0) is 13.5. The van der Waals surface area contributed by atoms with Crippen molar-refractivity contribution in [3.05, 3.63) is 48.0 Å². The Morgan fingerprint density at radius 3 is 2.45 bits per heavy atom. The molecule has 2 heterocycles. The summed E-state index contributed by atoms with van der Waals surface area (Å²) in [5.74, 6) is 0. The molecule has 2 fully saturated rings. The molecule has 2 unspecified atom stereocenters. The van der Waals surface area contributed by atoms with Gasteiger partial charge in [0.2, 0.25) is 0 Å². The van der Waals surface area contributed by atoms with Gasteiger partial charge in [-0.2, -0.15) is 0 Å². The number of rotatable bonds is 2. The minimum absolute atomic E-state index is 0.427. The van der Waals surface area contributed by atoms with Crippen molar-refractivity contribution >= 4 is 10.8 Å². The molecule has 104 valence electrons. The van der Waals surface area contributed by atoms with E-state index < -0.39 is 0 Å². The zero-order valence-electron chi connectivity index (χ0n) is 11.8. The van der Waals surface area contributed by atoms with Gasteiger partial charge in [0, 0.05) is 24.7 Å². The lowest BCUT2D eigenvalue weighted by molar-refractivity contribution is 0.120. The first kappa shape index (κ1) is 12.4. The Bertz CT molecular complexity index is 602. The maximum absolute atomic E-state index is 6.18. The highest BCUT2D eigenvalue weighted by Crippen LogP contribution is 2.36. The predicted octanol–water partition coefficient (Wildman–Crippen LogP) is 3.29. The van der Waals surface area contributed by atoms with Crippen LogP contribution in [0.1, 0.15) is 31.2 Å². The van der Waals surface area contributed by atoms with Gasteiger partial charge in [-0.3, -0.25) is 4.90 Å². The van der Waals surface area contributed by atoms with E-state index in [4.69, 9.17) is 5.73 Å². The molecule has 2 atom stereocenters. The zero-order valence-corrected chi connectivity index (χ0v) is 11.8. The number of piperidine rings is 1. The van der Waals surface area contributed by atoms with Crippen molar-refractivity contribution in [2.24, 2.45) is 5.73 Å². The van der Waals surface area contributed by atoms with Gasteiger partial charge in [-0.05, 0) is 42.0 Å². The number of fused-ring (bicyclic) bond motifs is 3. The van der Waals surface area contributed by atoms with Gasteiger partial charge >= 0.3 is 0 Å². The molecule has 2 saturated heterocycles. The first-order valence-corrected chi connectivity index (χ1v) is 7.79. The largest absolute Gasteiger partial charge is 0.328 e. The molecular formula is C18H22N2. The molecule has 2 heteroatoms. The van der Waals surface area contributed by atoms with Gasteiger partial charge in [-0.25, -0.2) is 0 Å². The summed E-state index contributed by atoms with van der Waals surface area (Å²) < 4.78 is 0. The van der Waals surface area contributed by atoms with Crippen molar-refractivity contribution in [3.63, 3.8) is 0 Å². The number of hydrogen-bond donors (Lipinski definition) is 1. The summed E-state index contributed by atoms with van der Waals surface area (Å²) in [6, 6.07) is 17.3. The topological polar surface area (TPSA) is 29.3 Å². The van der Waals surface area contributed by atoms with Gasteiger partial charge < -0.3 is 5.73 Å². The van der Waals surface area contributed by atoms with Crippen molar-refractivity contribution < 1.29 is 0 Å². The number of nitrogens with zero attached hydrogens (tertiary/aromatic N) is 1. The van der Waals surface area contributed by atoms with E-state index in [0.717, 1.165) is 6.54 Å². The SMILES string of the molecule is NC1CC2CCC(C1)N2Cc1cccc2ccccc12. The monoisotopic (exact) mass is 266 g/mol. The molecular weight excluding hydrogens is 244 g/mol. The average molecular weight is 266 g/mol. The lowest BCUT2D eigenvalue weighted by Gasteiger charge is -2.37. The van der Waals surface area contributed by atoms with Gasteiger partial charge in [0.15, 0.2) is 0 Å². The molecule has 0 spiro atoms. The summed E-state index contributed by atoms with van der Waals surface area (Å²) in [6.45, 7) is 1.09. The molecule has 0 aliphatic carbocycles. The summed E-state index contributed by atoms with van der Waals surface area (Å²) in [6.07, 6.45) is 5.04. The Hall–Kier alpha value is -1.38. The van der Waals surface area contributed by atoms with Crippen LogP contribution in [0.4, 0.5) is 0 Å². The second-order valence-electron chi connectivity index (χ2n) is 6.43. The highest BCUT2D eigenvalue weighted by Gasteiger charge is 2.39. The molecule has 0 aromatic heterocycles. The number of hydrogen-bond acceptors (Lipinski definition) is 2. The third-order valence-electron chi connectivity index (χ3n) is 5.15. The summed E-state index contributed by atoms with van der Waals surface area (Å²) >= 11 is 0. The Morgan fingerprint density at radius 1 is 0.950 bits per heavy atom. The van der Waals surface area contributed by atoms with Gasteiger partial charge in [0.25, 0.3) is 0 Å². The highest BCUT2D eigenvalue weighted by atomic mass is 15.2. The molecule has 2 aromatic carbocycles. The molecule has 0 radical (unpaired) electrons. The molecule has 2 N–H and O–H groups in total. The highest BCUT2D eigenvalue weighted by molar-refractivity contribution is 5.85. The minimum atomic E-state index is 0.427. The Labute approximate surface area is 120 Å². The number of benzene rings is 2. The molecule has 2 aromatic rings. The maximum atomic E-state index is 6.18. The van der Waals surface area contributed by atoms with E-state index in [0.29, 0.717) is 18.1 Å². The van der Waals surface area contributed by atoms with Gasteiger partial charge in [-0.15, -0.1) is 0 Å². The molecule has 2 aliphatic heterocycles. The van der Waals surface area contributed by atoms with E-state index in [1.165, 1.54) is 42.0 Å². The van der Waals surface area contributed by atoms with Crippen LogP contribution in [0.15, 0.2) is 42.5 Å². The lowest BCUT2D eigenvalue weighted by atomic mass is 9.96. The standard InChI is InChI=1S/C18H22N2/c19-15-10-16-8-9-17(11-15)20(16)12-14-6-3-5-13-4-1-2-7-18(13)14/h1-7,15-17H,8-12,19H2. The van der Waals surface area contributed by atoms with Crippen LogP contribution < -0.4 is 5.73 Å². The van der Waals surface area contributed by atoms with Crippen LogP contribution in [-0.4, -0.2) is 23.0 Å². The fraction of sp³-hybridized carbons (Fsp3) is 0.444. The normalized spacial score (nSPS) is 29.9. The summed E-state index contributed by atoms with van der Waals surface area (Å²) in [5.41, 5.74) is 7.64. The van der Waals surface area contributed by atoms with Crippen molar-refractivity contribution in [1.82, 2.24) is 4.90 Å². The first-order valence-electron chi connectivity index (χ1n) is 7.79. The fourth-order valence-corrected chi connectivity index (χ4v) is 4.20. The van der Waals surface area contributed by atoms with Crippen LogP contribution >= 0.6 is 0 Å². The van der Waals surface area contributed by atoms with E-state index in [1.807, 2.05) is 0 Å². The van der Waals surface area contributed by atoms with Crippen LogP contribution in [0.5, 0.6) is 0 Å². The smallest absolute Gasteiger partial charge is 0.0245 e. The van der Waals surface area contributed by atoms with Crippen molar-refractivity contribution in [1.29, 1.82) is 0 Å². The van der Waals surface area contributed by atoms with Crippen LogP contribution in [0.25, 0.3) is 10.8 Å². The fourth-order valence-electron chi connectivity index (χ4n) is 4.20. The molecule has 0 saturated carbocycles. The van der Waals surface area contributed by atoms with E-state index in [1.54, 1.807) is 0 Å². The van der Waals surface area contributed by atoms with E-state index in [-0.39, 0.29) is 0 Å². The second kappa shape index (κ2) is 4.87. The Kier molecular flexibility index (Phi) is 3.01. The summed E-state index contributed by atoms with van der Waals surface area (Å²) in [4.78, 5) is 2.71. The van der Waals surface area contributed by atoms with E-state index >= 15 is 0 Å². The van der Waals surface area contributed by atoms with E-state index in [2.05, 4.69) is 47.4 Å². The molecule has 20 heavy (non-hydrogen) atoms. The molecule has 0 amide bonds. The lowest BCUT2D eigenvalue weighted by Crippen LogP contribution is -2.46. The Morgan fingerprint density at radius 2 is 1.65 bits per heavy atom. The average Bonchev–Trinajstić information content (AvgIpc) is 2.70. The minimum Gasteiger partial charge on any atom is -0.328 e. The van der Waals surface area contributed by atoms with Crippen LogP contribution in [0, 0.1) is 0 Å². The van der Waals surface area contributed by atoms with Crippen LogP contribution in [0.3, 0.4) is 0 Å². The quantitative estimate of drug-likeness (QED) is 0.903. The molecule has 4 rings (SSSR count). The Balaban J connectivity index is 1.65. The van der Waals surface area contributed by atoms with Gasteiger partial charge in [-0.1, -0.05) is 42.5 Å². The number of nitrogens with two attached hydrogens (primary N) is 1. The van der Waals surface area contributed by atoms with Crippen molar-refractivity contribution in [3.8, 4) is 0 Å². The first-order chi connectivity index (χ1) is 9.81.